The van der Waals surface area contributed by atoms with Crippen LogP contribution >= 0.6 is 0 Å². The largest absolute Gasteiger partial charge is 0.421 e. The lowest BCUT2D eigenvalue weighted by atomic mass is 9.53. The zero-order chi connectivity index (χ0) is 26.3. The Labute approximate surface area is 160 Å². The van der Waals surface area contributed by atoms with Gasteiger partial charge in [-0.3, -0.25) is 0 Å². The van der Waals surface area contributed by atoms with Gasteiger partial charge in [-0.1, -0.05) is 0 Å². The van der Waals surface area contributed by atoms with Gasteiger partial charge >= 0.3 is 43.0 Å². The van der Waals surface area contributed by atoms with Crippen molar-refractivity contribution in [2.45, 2.75) is 43.0 Å². The second-order valence-electron chi connectivity index (χ2n) is 5.81. The molecule has 1 saturated carbocycles. The maximum Gasteiger partial charge on any atom is 0.421 e. The maximum absolute atomic E-state index is 13.9. The van der Waals surface area contributed by atoms with E-state index in [9.17, 15) is 87.8 Å². The molecular weight excluding hydrogens is 524 g/mol. The molecule has 0 spiro atoms. The van der Waals surface area contributed by atoms with E-state index in [0.717, 1.165) is 0 Å². The van der Waals surface area contributed by atoms with Gasteiger partial charge in [0.15, 0.2) is 0 Å². The van der Waals surface area contributed by atoms with Crippen molar-refractivity contribution < 1.29 is 87.8 Å². The number of rotatable bonds is 0. The molecule has 0 bridgehead atoms. The van der Waals surface area contributed by atoms with Crippen molar-refractivity contribution in [3.8, 4) is 0 Å². The van der Waals surface area contributed by atoms with Crippen LogP contribution in [0.4, 0.5) is 87.8 Å². The van der Waals surface area contributed by atoms with Gasteiger partial charge in [-0.25, -0.2) is 0 Å². The molecule has 188 valence electrons. The number of halogens is 20. The van der Waals surface area contributed by atoms with Crippen LogP contribution in [-0.4, -0.2) is 43.0 Å². The fourth-order valence-corrected chi connectivity index (χ4v) is 2.91. The number of hydrogen-bond acceptors (Lipinski definition) is 0. The predicted molar refractivity (Wildman–Crippen MR) is 57.8 cm³/mol. The lowest BCUT2D eigenvalue weighted by molar-refractivity contribution is -0.394. The Morgan fingerprint density at radius 2 is 0.625 bits per heavy atom. The molecule has 0 N–H and O–H groups in total. The first-order valence-electron chi connectivity index (χ1n) is 6.78. The van der Waals surface area contributed by atoms with Crippen LogP contribution in [0.5, 0.6) is 0 Å². The average Bonchev–Trinajstić information content (AvgIpc) is 2.34. The molecule has 1 fully saturated rings. The van der Waals surface area contributed by atoms with Crippen LogP contribution < -0.4 is 0 Å². The van der Waals surface area contributed by atoms with Gasteiger partial charge < -0.3 is 0 Å². The van der Waals surface area contributed by atoms with E-state index in [0.29, 0.717) is 0 Å². The summed E-state index contributed by atoms with van der Waals surface area (Å²) in [5.74, 6) is -7.62. The predicted octanol–water partition coefficient (Wildman–Crippen LogP) is 7.59. The summed E-state index contributed by atoms with van der Waals surface area (Å²) in [6, 6.07) is 0. The molecule has 1 rings (SSSR count). The van der Waals surface area contributed by atoms with Gasteiger partial charge in [-0.2, -0.15) is 87.8 Å². The normalized spacial score (nSPS) is 20.2. The lowest BCUT2D eigenvalue weighted by Crippen LogP contribution is -2.72. The Kier molecular flexibility index (Phi) is 5.97. The Morgan fingerprint density at radius 1 is 0.406 bits per heavy atom. The molecule has 0 aromatic carbocycles. The van der Waals surface area contributed by atoms with Crippen molar-refractivity contribution in [3.05, 3.63) is 22.3 Å². The molecule has 0 aromatic rings. The number of allylic oxidation sites excluding steroid dienone is 4. The summed E-state index contributed by atoms with van der Waals surface area (Å²) in [6.45, 7) is 0. The molecule has 0 nitrogen and oxygen atoms in total. The highest BCUT2D eigenvalue weighted by molar-refractivity contribution is 5.65. The highest BCUT2D eigenvalue weighted by Crippen LogP contribution is 2.77. The first-order chi connectivity index (χ1) is 13.5. The van der Waals surface area contributed by atoms with E-state index in [1.165, 1.54) is 0 Å². The van der Waals surface area contributed by atoms with Crippen molar-refractivity contribution in [1.82, 2.24) is 0 Å². The van der Waals surface area contributed by atoms with Gasteiger partial charge in [-0.05, 0) is 0 Å². The first-order valence-corrected chi connectivity index (χ1v) is 6.78. The van der Waals surface area contributed by atoms with Crippen LogP contribution in [0.15, 0.2) is 22.3 Å². The third-order valence-electron chi connectivity index (χ3n) is 3.89. The minimum Gasteiger partial charge on any atom is -0.200 e. The molecule has 0 radical (unpaired) electrons. The van der Waals surface area contributed by atoms with E-state index in [1.807, 2.05) is 0 Å². The third kappa shape index (κ3) is 3.86. The third-order valence-corrected chi connectivity index (χ3v) is 3.89. The smallest absolute Gasteiger partial charge is 0.200 e. The zero-order valence-corrected chi connectivity index (χ0v) is 13.6. The van der Waals surface area contributed by atoms with Crippen LogP contribution in [0.3, 0.4) is 0 Å². The van der Waals surface area contributed by atoms with Crippen molar-refractivity contribution >= 4 is 0 Å². The van der Waals surface area contributed by atoms with Gasteiger partial charge in [-0.15, -0.1) is 0 Å². The van der Waals surface area contributed by atoms with E-state index in [4.69, 9.17) is 0 Å². The van der Waals surface area contributed by atoms with Gasteiger partial charge in [0.2, 0.25) is 0 Å². The highest BCUT2D eigenvalue weighted by atomic mass is 19.4. The summed E-state index contributed by atoms with van der Waals surface area (Å²) >= 11 is 0. The summed E-state index contributed by atoms with van der Waals surface area (Å²) in [7, 11) is 0. The van der Waals surface area contributed by atoms with Crippen molar-refractivity contribution in [2.75, 3.05) is 0 Å². The maximum atomic E-state index is 13.9. The summed E-state index contributed by atoms with van der Waals surface area (Å²) in [4.78, 5) is 0. The molecule has 0 heterocycles. The molecule has 20 heteroatoms. The van der Waals surface area contributed by atoms with Gasteiger partial charge in [0.1, 0.15) is 11.1 Å². The average molecular weight is 524 g/mol. The molecule has 1 aliphatic carbocycles. The SMILES string of the molecule is FC(F)(F)C(=C1C(=C(C(F)(F)F)C(F)(F)F)C(C(F)(F)F)(C(F)(F)F)C1(F)F)C(F)(F)F. The number of hydrogen-bond donors (Lipinski definition) is 0. The Bertz CT molecular complexity index is 764. The van der Waals surface area contributed by atoms with Crippen molar-refractivity contribution in [2.24, 2.45) is 5.41 Å². The second kappa shape index (κ2) is 6.80. The molecule has 0 saturated heterocycles. The van der Waals surface area contributed by atoms with E-state index in [1.54, 1.807) is 0 Å². The van der Waals surface area contributed by atoms with E-state index in [-0.39, 0.29) is 0 Å². The molecule has 32 heavy (non-hydrogen) atoms. The van der Waals surface area contributed by atoms with Crippen LogP contribution in [-0.2, 0) is 0 Å². The van der Waals surface area contributed by atoms with Gasteiger partial charge in [0.25, 0.3) is 5.41 Å². The fourth-order valence-electron chi connectivity index (χ4n) is 2.91. The lowest BCUT2D eigenvalue weighted by Gasteiger charge is -2.55. The van der Waals surface area contributed by atoms with Crippen molar-refractivity contribution in [3.63, 3.8) is 0 Å². The molecular formula is C12F20. The number of alkyl halides is 20. The minimum absolute atomic E-state index is 4.81. The van der Waals surface area contributed by atoms with Crippen LogP contribution in [0.1, 0.15) is 0 Å². The van der Waals surface area contributed by atoms with Crippen LogP contribution in [0, 0.1) is 5.41 Å². The second-order valence-corrected chi connectivity index (χ2v) is 5.81. The monoisotopic (exact) mass is 524 g/mol. The first kappa shape index (κ1) is 28.1. The fraction of sp³-hybridized carbons (Fsp3) is 0.667. The molecule has 0 atom stereocenters. The summed E-state index contributed by atoms with van der Waals surface area (Å²) in [6.07, 6.45) is -46.1. The Hall–Kier alpha value is -1.92. The quantitative estimate of drug-likeness (QED) is 0.287. The summed E-state index contributed by atoms with van der Waals surface area (Å²) in [5.41, 5.74) is -27.9. The molecule has 0 unspecified atom stereocenters. The Balaban J connectivity index is 4.71. The van der Waals surface area contributed by atoms with Crippen LogP contribution in [0.25, 0.3) is 0 Å². The van der Waals surface area contributed by atoms with Gasteiger partial charge in [0, 0.05) is 11.1 Å². The molecule has 0 amide bonds. The summed E-state index contributed by atoms with van der Waals surface area (Å²) < 4.78 is 258. The topological polar surface area (TPSA) is 0 Å². The molecule has 0 aromatic heterocycles. The van der Waals surface area contributed by atoms with E-state index in [2.05, 4.69) is 0 Å². The van der Waals surface area contributed by atoms with E-state index >= 15 is 0 Å². The van der Waals surface area contributed by atoms with Crippen molar-refractivity contribution in [1.29, 1.82) is 0 Å². The minimum atomic E-state index is -7.99. The van der Waals surface area contributed by atoms with Crippen LogP contribution in [0.2, 0.25) is 0 Å². The standard InChI is InChI=1S/C12F20/c13-6(14)2(4(9(21,22)23)10(24,25)26)1(3(7(15,16)17)8(18,19)20)5(6,11(27,28)29)12(30,31)32. The van der Waals surface area contributed by atoms with Gasteiger partial charge in [0.05, 0.1) is 0 Å². The zero-order valence-electron chi connectivity index (χ0n) is 13.6. The molecule has 1 aliphatic rings. The van der Waals surface area contributed by atoms with E-state index < -0.39 is 70.7 Å². The highest BCUT2D eigenvalue weighted by Gasteiger charge is 2.94. The molecule has 0 aliphatic heterocycles. The Morgan fingerprint density at radius 3 is 0.812 bits per heavy atom. The summed E-state index contributed by atoms with van der Waals surface area (Å²) in [5, 5.41) is 0.